The molecule has 4 rings (SSSR count). The molecule has 2 N–H and O–H groups in total. The van der Waals surface area contributed by atoms with E-state index in [1.54, 1.807) is 18.1 Å². The van der Waals surface area contributed by atoms with Crippen LogP contribution in [0.25, 0.3) is 0 Å². The first-order valence-corrected chi connectivity index (χ1v) is 12.2. The van der Waals surface area contributed by atoms with E-state index in [1.807, 2.05) is 60.1 Å². The highest BCUT2D eigenvalue weighted by molar-refractivity contribution is 7.99. The first-order valence-electron chi connectivity index (χ1n) is 11.2. The van der Waals surface area contributed by atoms with Gasteiger partial charge < -0.3 is 24.5 Å². The van der Waals surface area contributed by atoms with Crippen molar-refractivity contribution in [3.8, 4) is 0 Å². The van der Waals surface area contributed by atoms with E-state index >= 15 is 0 Å². The van der Waals surface area contributed by atoms with Crippen molar-refractivity contribution in [3.63, 3.8) is 0 Å². The highest BCUT2D eigenvalue weighted by Gasteiger charge is 2.38. The van der Waals surface area contributed by atoms with E-state index in [9.17, 15) is 9.90 Å². The number of hydrogen-bond donors (Lipinski definition) is 2. The van der Waals surface area contributed by atoms with Crippen molar-refractivity contribution in [1.29, 1.82) is 0 Å². The number of thioether (sulfide) groups is 1. The summed E-state index contributed by atoms with van der Waals surface area (Å²) in [5, 5.41) is 21.2. The van der Waals surface area contributed by atoms with Crippen LogP contribution in [0, 0.1) is 5.92 Å². The van der Waals surface area contributed by atoms with Gasteiger partial charge in [-0.1, -0.05) is 67.2 Å². The largest absolute Gasteiger partial charge is 0.392 e. The number of benzene rings is 2. The molecule has 1 aliphatic heterocycles. The number of aryl methyl sites for hydroxylation is 1. The summed E-state index contributed by atoms with van der Waals surface area (Å²) in [4.78, 5) is 11.2. The summed E-state index contributed by atoms with van der Waals surface area (Å²) in [7, 11) is 1.92. The van der Waals surface area contributed by atoms with Crippen molar-refractivity contribution in [2.75, 3.05) is 5.75 Å². The molecule has 0 spiro atoms. The number of rotatable bonds is 8. The van der Waals surface area contributed by atoms with Crippen LogP contribution >= 0.6 is 11.8 Å². The first kappa shape index (κ1) is 24.4. The van der Waals surface area contributed by atoms with E-state index in [-0.39, 0.29) is 30.6 Å². The molecule has 2 aromatic carbocycles. The average molecular weight is 483 g/mol. The van der Waals surface area contributed by atoms with Gasteiger partial charge in [0.2, 0.25) is 5.91 Å². The van der Waals surface area contributed by atoms with Gasteiger partial charge in [-0.25, -0.2) is 0 Å². The van der Waals surface area contributed by atoms with E-state index in [2.05, 4.69) is 22.4 Å². The number of amides is 1. The van der Waals surface area contributed by atoms with E-state index in [1.165, 1.54) is 6.92 Å². The molecule has 8 nitrogen and oxygen atoms in total. The number of aliphatic hydroxyl groups is 1. The molecule has 0 aliphatic carbocycles. The Kier molecular flexibility index (Phi) is 7.99. The number of hydrogen-bond acceptors (Lipinski definition) is 7. The highest BCUT2D eigenvalue weighted by Crippen LogP contribution is 2.42. The summed E-state index contributed by atoms with van der Waals surface area (Å²) < 4.78 is 14.8. The molecule has 2 heterocycles. The fourth-order valence-electron chi connectivity index (χ4n) is 3.89. The quantitative estimate of drug-likeness (QED) is 0.474. The van der Waals surface area contributed by atoms with Crippen molar-refractivity contribution < 1.29 is 19.4 Å². The Hall–Kier alpha value is -2.72. The van der Waals surface area contributed by atoms with E-state index in [4.69, 9.17) is 9.47 Å². The van der Waals surface area contributed by atoms with Gasteiger partial charge in [-0.2, -0.15) is 0 Å². The third kappa shape index (κ3) is 5.85. The molecule has 4 atom stereocenters. The van der Waals surface area contributed by atoms with Gasteiger partial charge in [-0.05, 0) is 16.7 Å². The number of aliphatic hydroxyl groups excluding tert-OH is 1. The minimum atomic E-state index is -0.529. The van der Waals surface area contributed by atoms with Crippen molar-refractivity contribution in [2.45, 2.75) is 50.7 Å². The second kappa shape index (κ2) is 11.1. The van der Waals surface area contributed by atoms with Crippen molar-refractivity contribution in [1.82, 2.24) is 20.1 Å². The average Bonchev–Trinajstić information content (AvgIpc) is 3.27. The van der Waals surface area contributed by atoms with Crippen LogP contribution in [-0.2, 0) is 34.5 Å². The zero-order chi connectivity index (χ0) is 24.1. The van der Waals surface area contributed by atoms with Crippen molar-refractivity contribution in [2.24, 2.45) is 13.0 Å². The fourth-order valence-corrected chi connectivity index (χ4v) is 4.94. The van der Waals surface area contributed by atoms with Crippen LogP contribution < -0.4 is 5.32 Å². The molecule has 180 valence electrons. The summed E-state index contributed by atoms with van der Waals surface area (Å²) in [6, 6.07) is 15.8. The van der Waals surface area contributed by atoms with Crippen LogP contribution in [-0.4, -0.2) is 37.6 Å². The molecule has 1 fully saturated rings. The number of carbonyl (C=O) groups excluding carboxylic acids is 1. The molecule has 3 aromatic rings. The minimum absolute atomic E-state index is 0.00882. The highest BCUT2D eigenvalue weighted by atomic mass is 32.2. The van der Waals surface area contributed by atoms with Crippen LogP contribution in [0.15, 0.2) is 60.0 Å². The summed E-state index contributed by atoms with van der Waals surface area (Å²) in [6.45, 7) is 4.13. The number of ether oxygens (including phenoxy) is 2. The number of aromatic nitrogens is 3. The standard InChI is InChI=1S/C25H30N4O4S/c1-16-22(14-34-25-28-27-15-29(25)3)32-24(21-10-4-18(5-11-21)12-26-17(2)31)33-23(16)20-8-6-19(13-30)7-9-20/h4-11,15-16,22-24,30H,12-14H2,1-3H3,(H,26,31)/t16-,22+,23+,24+/m1/s1. The summed E-state index contributed by atoms with van der Waals surface area (Å²) in [6.07, 6.45) is 0.907. The smallest absolute Gasteiger partial charge is 0.217 e. The predicted molar refractivity (Wildman–Crippen MR) is 129 cm³/mol. The Morgan fingerprint density at radius 1 is 1.09 bits per heavy atom. The lowest BCUT2D eigenvalue weighted by atomic mass is 9.91. The molecule has 1 aromatic heterocycles. The molecule has 0 saturated carbocycles. The molecule has 0 bridgehead atoms. The lowest BCUT2D eigenvalue weighted by Gasteiger charge is -2.41. The third-order valence-electron chi connectivity index (χ3n) is 5.96. The second-order valence-electron chi connectivity index (χ2n) is 8.51. The maximum atomic E-state index is 11.2. The van der Waals surface area contributed by atoms with Crippen molar-refractivity contribution >= 4 is 17.7 Å². The summed E-state index contributed by atoms with van der Waals surface area (Å²) >= 11 is 1.61. The summed E-state index contributed by atoms with van der Waals surface area (Å²) in [5.74, 6) is 0.741. The van der Waals surface area contributed by atoms with Gasteiger partial charge in [0.1, 0.15) is 6.33 Å². The third-order valence-corrected chi connectivity index (χ3v) is 7.09. The molecular weight excluding hydrogens is 452 g/mol. The number of nitrogens with zero attached hydrogens (tertiary/aromatic N) is 3. The summed E-state index contributed by atoms with van der Waals surface area (Å²) in [5.41, 5.74) is 3.84. The topological polar surface area (TPSA) is 98.5 Å². The Morgan fingerprint density at radius 3 is 2.38 bits per heavy atom. The van der Waals surface area contributed by atoms with Gasteiger partial charge in [0.05, 0.1) is 18.8 Å². The van der Waals surface area contributed by atoms with Crippen LogP contribution in [0.3, 0.4) is 0 Å². The SMILES string of the molecule is CC(=O)NCc1ccc([C@H]2O[C@@H](CSc3nncn3C)[C@@H](C)[C@@H](c3ccc(CO)cc3)O2)cc1. The molecular formula is C25H30N4O4S. The van der Waals surface area contributed by atoms with Gasteiger partial charge in [-0.3, -0.25) is 4.79 Å². The lowest BCUT2D eigenvalue weighted by Crippen LogP contribution is -2.38. The fraction of sp³-hybridized carbons (Fsp3) is 0.400. The maximum Gasteiger partial charge on any atom is 0.217 e. The van der Waals surface area contributed by atoms with Gasteiger partial charge in [-0.15, -0.1) is 10.2 Å². The predicted octanol–water partition coefficient (Wildman–Crippen LogP) is 3.53. The Morgan fingerprint density at radius 2 is 1.76 bits per heavy atom. The Balaban J connectivity index is 1.55. The zero-order valence-electron chi connectivity index (χ0n) is 19.5. The van der Waals surface area contributed by atoms with Gasteiger partial charge in [0, 0.05) is 37.8 Å². The van der Waals surface area contributed by atoms with Crippen LogP contribution in [0.5, 0.6) is 0 Å². The van der Waals surface area contributed by atoms with Gasteiger partial charge in [0.25, 0.3) is 0 Å². The maximum absolute atomic E-state index is 11.2. The molecule has 9 heteroatoms. The van der Waals surface area contributed by atoms with Gasteiger partial charge >= 0.3 is 0 Å². The first-order chi connectivity index (χ1) is 16.4. The number of carbonyl (C=O) groups is 1. The minimum Gasteiger partial charge on any atom is -0.392 e. The Bertz CT molecular complexity index is 1090. The molecule has 1 aliphatic rings. The van der Waals surface area contributed by atoms with Crippen LogP contribution in [0.4, 0.5) is 0 Å². The molecule has 1 saturated heterocycles. The Labute approximate surface area is 203 Å². The van der Waals surface area contributed by atoms with Crippen molar-refractivity contribution in [3.05, 3.63) is 77.1 Å². The number of nitrogens with one attached hydrogen (secondary N) is 1. The zero-order valence-corrected chi connectivity index (χ0v) is 20.4. The molecule has 0 radical (unpaired) electrons. The normalized spacial score (nSPS) is 22.5. The van der Waals surface area contributed by atoms with Crippen LogP contribution in [0.1, 0.15) is 48.5 Å². The molecule has 0 unspecified atom stereocenters. The second-order valence-corrected chi connectivity index (χ2v) is 9.50. The van der Waals surface area contributed by atoms with Crippen LogP contribution in [0.2, 0.25) is 0 Å². The molecule has 1 amide bonds. The monoisotopic (exact) mass is 482 g/mol. The van der Waals surface area contributed by atoms with E-state index < -0.39 is 6.29 Å². The lowest BCUT2D eigenvalue weighted by molar-refractivity contribution is -0.268. The van der Waals surface area contributed by atoms with Gasteiger partial charge in [0.15, 0.2) is 11.4 Å². The van der Waals surface area contributed by atoms with E-state index in [0.29, 0.717) is 12.3 Å². The molecule has 34 heavy (non-hydrogen) atoms. The van der Waals surface area contributed by atoms with E-state index in [0.717, 1.165) is 27.4 Å².